The predicted molar refractivity (Wildman–Crippen MR) is 63.0 cm³/mol. The second-order valence-corrected chi connectivity index (χ2v) is 4.97. The summed E-state index contributed by atoms with van der Waals surface area (Å²) in [6.45, 7) is -1.71. The fourth-order valence-corrected chi connectivity index (χ4v) is 2.18. The van der Waals surface area contributed by atoms with Crippen LogP contribution in [-0.2, 0) is 14.3 Å². The number of hydrogen-bond donors (Lipinski definition) is 2. The normalized spacial score (nSPS) is 23.4. The van der Waals surface area contributed by atoms with Crippen molar-refractivity contribution < 1.29 is 32.6 Å². The van der Waals surface area contributed by atoms with E-state index in [0.717, 1.165) is 0 Å². The van der Waals surface area contributed by atoms with Gasteiger partial charge in [-0.3, -0.25) is 9.59 Å². The van der Waals surface area contributed by atoms with E-state index in [1.165, 1.54) is 0 Å². The van der Waals surface area contributed by atoms with E-state index >= 15 is 0 Å². The molecule has 1 saturated carbocycles. The van der Waals surface area contributed by atoms with Gasteiger partial charge in [-0.2, -0.15) is 13.2 Å². The Labute approximate surface area is 114 Å². The lowest BCUT2D eigenvalue weighted by molar-refractivity contribution is -0.175. The van der Waals surface area contributed by atoms with Gasteiger partial charge in [-0.25, -0.2) is 0 Å². The molecule has 8 heteroatoms. The lowest BCUT2D eigenvalue weighted by Crippen LogP contribution is -2.35. The van der Waals surface area contributed by atoms with E-state index in [2.05, 4.69) is 10.1 Å². The van der Waals surface area contributed by atoms with Crippen molar-refractivity contribution in [1.29, 1.82) is 0 Å². The number of halogens is 3. The van der Waals surface area contributed by atoms with Gasteiger partial charge in [-0.15, -0.1) is 0 Å². The van der Waals surface area contributed by atoms with E-state index in [1.807, 2.05) is 0 Å². The Morgan fingerprint density at radius 1 is 1.20 bits per heavy atom. The van der Waals surface area contributed by atoms with Crippen molar-refractivity contribution in [3.05, 3.63) is 0 Å². The largest absolute Gasteiger partial charge is 0.481 e. The highest BCUT2D eigenvalue weighted by molar-refractivity contribution is 5.77. The van der Waals surface area contributed by atoms with Gasteiger partial charge in [0, 0.05) is 6.54 Å². The van der Waals surface area contributed by atoms with Gasteiger partial charge in [-0.1, -0.05) is 0 Å². The number of ether oxygens (including phenoxy) is 1. The first-order valence-electron chi connectivity index (χ1n) is 6.42. The summed E-state index contributed by atoms with van der Waals surface area (Å²) < 4.78 is 39.6. The van der Waals surface area contributed by atoms with Crippen LogP contribution in [0, 0.1) is 11.8 Å². The van der Waals surface area contributed by atoms with E-state index in [-0.39, 0.29) is 11.8 Å². The van der Waals surface area contributed by atoms with Crippen LogP contribution in [0.25, 0.3) is 0 Å². The Hall–Kier alpha value is -1.31. The smallest absolute Gasteiger partial charge is 0.411 e. The lowest BCUT2D eigenvalue weighted by Gasteiger charge is -2.26. The van der Waals surface area contributed by atoms with Crippen molar-refractivity contribution in [2.24, 2.45) is 11.8 Å². The average molecular weight is 297 g/mol. The number of carbonyl (C=O) groups excluding carboxylic acids is 1. The summed E-state index contributed by atoms with van der Waals surface area (Å²) in [6.07, 6.45) is -1.91. The Balaban J connectivity index is 2.12. The minimum absolute atomic E-state index is 0.178. The summed E-state index contributed by atoms with van der Waals surface area (Å²) in [6, 6.07) is 0. The van der Waals surface area contributed by atoms with Crippen LogP contribution in [0.5, 0.6) is 0 Å². The van der Waals surface area contributed by atoms with Gasteiger partial charge in [-0.05, 0) is 31.6 Å². The fraction of sp³-hybridized carbons (Fsp3) is 0.833. The number of carbonyl (C=O) groups is 2. The SMILES string of the molecule is O=C(COCC(F)(F)F)NCC1CCC(C(=O)O)CC1. The molecule has 0 heterocycles. The zero-order chi connectivity index (χ0) is 15.2. The van der Waals surface area contributed by atoms with Gasteiger partial charge < -0.3 is 15.2 Å². The fourth-order valence-electron chi connectivity index (χ4n) is 2.18. The molecule has 1 aliphatic rings. The average Bonchev–Trinajstić information content (AvgIpc) is 2.35. The molecule has 1 aliphatic carbocycles. The molecule has 0 saturated heterocycles. The standard InChI is InChI=1S/C12H18F3NO4/c13-12(14,15)7-20-6-10(17)16-5-8-1-3-9(4-2-8)11(18)19/h8-9H,1-7H2,(H,16,17)(H,18,19). The molecule has 0 radical (unpaired) electrons. The molecule has 0 aromatic carbocycles. The molecule has 1 amide bonds. The first kappa shape index (κ1) is 16.7. The number of amides is 1. The van der Waals surface area contributed by atoms with Gasteiger partial charge in [0.05, 0.1) is 5.92 Å². The first-order valence-corrected chi connectivity index (χ1v) is 6.42. The summed E-state index contributed by atoms with van der Waals surface area (Å²) in [5.41, 5.74) is 0. The van der Waals surface area contributed by atoms with Crippen molar-refractivity contribution >= 4 is 11.9 Å². The number of carboxylic acid groups (broad SMARTS) is 1. The molecule has 0 aliphatic heterocycles. The zero-order valence-electron chi connectivity index (χ0n) is 10.9. The van der Waals surface area contributed by atoms with Crippen LogP contribution in [0.15, 0.2) is 0 Å². The lowest BCUT2D eigenvalue weighted by atomic mass is 9.82. The Morgan fingerprint density at radius 3 is 2.30 bits per heavy atom. The van der Waals surface area contributed by atoms with Crippen LogP contribution in [0.3, 0.4) is 0 Å². The van der Waals surface area contributed by atoms with Crippen LogP contribution >= 0.6 is 0 Å². The molecular formula is C12H18F3NO4. The van der Waals surface area contributed by atoms with E-state index < -0.39 is 31.3 Å². The summed E-state index contributed by atoms with van der Waals surface area (Å²) in [7, 11) is 0. The molecule has 116 valence electrons. The maximum Gasteiger partial charge on any atom is 0.411 e. The zero-order valence-corrected chi connectivity index (χ0v) is 10.9. The number of aliphatic carboxylic acids is 1. The molecule has 2 N–H and O–H groups in total. The molecule has 0 atom stereocenters. The van der Waals surface area contributed by atoms with E-state index in [1.54, 1.807) is 0 Å². The number of carboxylic acids is 1. The molecule has 0 aromatic heterocycles. The van der Waals surface area contributed by atoms with Gasteiger partial charge in [0.2, 0.25) is 5.91 Å². The summed E-state index contributed by atoms with van der Waals surface area (Å²) in [5, 5.41) is 11.3. The molecule has 0 aromatic rings. The number of hydrogen-bond acceptors (Lipinski definition) is 3. The van der Waals surface area contributed by atoms with Crippen LogP contribution in [0.4, 0.5) is 13.2 Å². The second-order valence-electron chi connectivity index (χ2n) is 4.97. The Kier molecular flexibility index (Phi) is 6.25. The predicted octanol–water partition coefficient (Wildman–Crippen LogP) is 1.57. The minimum atomic E-state index is -4.44. The van der Waals surface area contributed by atoms with E-state index in [9.17, 15) is 22.8 Å². The number of nitrogens with one attached hydrogen (secondary N) is 1. The monoisotopic (exact) mass is 297 g/mol. The van der Waals surface area contributed by atoms with Gasteiger partial charge in [0.1, 0.15) is 13.2 Å². The van der Waals surface area contributed by atoms with Crippen LogP contribution in [-0.4, -0.2) is 42.9 Å². The second kappa shape index (κ2) is 7.47. The molecule has 1 rings (SSSR count). The Morgan fingerprint density at radius 2 is 1.80 bits per heavy atom. The molecule has 5 nitrogen and oxygen atoms in total. The van der Waals surface area contributed by atoms with Crippen molar-refractivity contribution in [2.45, 2.75) is 31.9 Å². The minimum Gasteiger partial charge on any atom is -0.481 e. The van der Waals surface area contributed by atoms with Crippen LogP contribution in [0.1, 0.15) is 25.7 Å². The van der Waals surface area contributed by atoms with Crippen molar-refractivity contribution in [2.75, 3.05) is 19.8 Å². The highest BCUT2D eigenvalue weighted by Gasteiger charge is 2.28. The quantitative estimate of drug-likeness (QED) is 0.780. The van der Waals surface area contributed by atoms with Gasteiger partial charge >= 0.3 is 12.1 Å². The highest BCUT2D eigenvalue weighted by Crippen LogP contribution is 2.28. The highest BCUT2D eigenvalue weighted by atomic mass is 19.4. The topological polar surface area (TPSA) is 75.6 Å². The molecule has 0 spiro atoms. The third-order valence-electron chi connectivity index (χ3n) is 3.28. The molecule has 0 unspecified atom stereocenters. The van der Waals surface area contributed by atoms with Gasteiger partial charge in [0.15, 0.2) is 0 Å². The van der Waals surface area contributed by atoms with E-state index in [4.69, 9.17) is 5.11 Å². The van der Waals surface area contributed by atoms with Crippen molar-refractivity contribution in [3.8, 4) is 0 Å². The first-order chi connectivity index (χ1) is 9.28. The third-order valence-corrected chi connectivity index (χ3v) is 3.28. The van der Waals surface area contributed by atoms with Crippen LogP contribution < -0.4 is 5.32 Å². The maximum absolute atomic E-state index is 11.8. The molecule has 20 heavy (non-hydrogen) atoms. The Bertz CT molecular complexity index is 338. The molecular weight excluding hydrogens is 279 g/mol. The van der Waals surface area contributed by atoms with E-state index in [0.29, 0.717) is 32.2 Å². The summed E-state index contributed by atoms with van der Waals surface area (Å²) >= 11 is 0. The molecule has 1 fully saturated rings. The van der Waals surface area contributed by atoms with Gasteiger partial charge in [0.25, 0.3) is 0 Å². The van der Waals surface area contributed by atoms with Crippen molar-refractivity contribution in [3.63, 3.8) is 0 Å². The summed E-state index contributed by atoms with van der Waals surface area (Å²) in [4.78, 5) is 22.0. The maximum atomic E-state index is 11.8. The number of rotatable bonds is 6. The van der Waals surface area contributed by atoms with Crippen LogP contribution in [0.2, 0.25) is 0 Å². The third kappa shape index (κ3) is 6.74. The number of alkyl halides is 3. The van der Waals surface area contributed by atoms with Crippen molar-refractivity contribution in [1.82, 2.24) is 5.32 Å². The summed E-state index contributed by atoms with van der Waals surface area (Å²) in [5.74, 6) is -1.53. The molecule has 0 bridgehead atoms.